The summed E-state index contributed by atoms with van der Waals surface area (Å²) < 4.78 is 3.16. The molecule has 104 valence electrons. The maximum absolute atomic E-state index is 12.1. The highest BCUT2D eigenvalue weighted by molar-refractivity contribution is 9.10. The van der Waals surface area contributed by atoms with Gasteiger partial charge in [-0.1, -0.05) is 50.7 Å². The lowest BCUT2D eigenvalue weighted by Crippen LogP contribution is -2.45. The highest BCUT2D eigenvalue weighted by Gasteiger charge is 2.39. The predicted octanol–water partition coefficient (Wildman–Crippen LogP) is 2.67. The third kappa shape index (κ3) is 4.44. The van der Waals surface area contributed by atoms with Crippen LogP contribution in [0.25, 0.3) is 0 Å². The van der Waals surface area contributed by atoms with Crippen LogP contribution in [-0.4, -0.2) is 45.1 Å². The first-order valence-electron chi connectivity index (χ1n) is 5.35. The molecule has 0 saturated carbocycles. The molecule has 0 radical (unpaired) electrons. The molecule has 1 aliphatic rings. The number of halogens is 4. The number of carbonyl (C=O) groups excluding carboxylic acids is 2. The van der Waals surface area contributed by atoms with Crippen LogP contribution in [0.5, 0.6) is 0 Å². The van der Waals surface area contributed by atoms with Crippen molar-refractivity contribution in [1.29, 1.82) is 0 Å². The molecular formula is C10H13BrCl3NO3. The summed E-state index contributed by atoms with van der Waals surface area (Å²) in [6, 6.07) is -0.530. The lowest BCUT2D eigenvalue weighted by atomic mass is 10.2. The van der Waals surface area contributed by atoms with Crippen LogP contribution in [0.2, 0.25) is 0 Å². The van der Waals surface area contributed by atoms with Crippen molar-refractivity contribution >= 4 is 62.6 Å². The lowest BCUT2D eigenvalue weighted by molar-refractivity contribution is -0.150. The monoisotopic (exact) mass is 379 g/mol. The van der Waals surface area contributed by atoms with E-state index in [1.165, 1.54) is 12.0 Å². The minimum absolute atomic E-state index is 0.0426. The molecule has 1 aliphatic heterocycles. The van der Waals surface area contributed by atoms with Gasteiger partial charge in [-0.3, -0.25) is 4.79 Å². The molecular weight excluding hydrogens is 368 g/mol. The normalized spacial score (nSPS) is 21.8. The number of esters is 1. The zero-order valence-electron chi connectivity index (χ0n) is 9.67. The zero-order valence-corrected chi connectivity index (χ0v) is 13.5. The van der Waals surface area contributed by atoms with Gasteiger partial charge in [0, 0.05) is 13.0 Å². The topological polar surface area (TPSA) is 46.6 Å². The number of ether oxygens (including phenoxy) is 1. The number of likely N-dealkylation sites (tertiary alicyclic amines) is 1. The molecule has 1 rings (SSSR count). The summed E-state index contributed by atoms with van der Waals surface area (Å²) in [4.78, 5) is 24.5. The summed E-state index contributed by atoms with van der Waals surface area (Å²) in [5.74, 6) is -0.663. The number of nitrogens with zero attached hydrogens (tertiary/aromatic N) is 1. The number of carbonyl (C=O) groups is 2. The van der Waals surface area contributed by atoms with Gasteiger partial charge in [0.1, 0.15) is 6.04 Å². The van der Waals surface area contributed by atoms with Gasteiger partial charge in [-0.15, -0.1) is 0 Å². The summed E-state index contributed by atoms with van der Waals surface area (Å²) in [7, 11) is 1.30. The van der Waals surface area contributed by atoms with Gasteiger partial charge in [0.15, 0.2) is 3.79 Å². The largest absolute Gasteiger partial charge is 0.467 e. The number of hydrogen-bond donors (Lipinski definition) is 0. The van der Waals surface area contributed by atoms with Crippen LogP contribution in [0, 0.1) is 0 Å². The van der Waals surface area contributed by atoms with E-state index in [9.17, 15) is 9.59 Å². The quantitative estimate of drug-likeness (QED) is 0.558. The fraction of sp³-hybridized carbons (Fsp3) is 0.800. The van der Waals surface area contributed by atoms with Crippen molar-refractivity contribution in [3.05, 3.63) is 0 Å². The summed E-state index contributed by atoms with van der Waals surface area (Å²) in [5, 5.41) is 0. The number of methoxy groups -OCH3 is 1. The molecule has 0 aromatic carbocycles. The Kier molecular flexibility index (Phi) is 6.03. The summed E-state index contributed by atoms with van der Waals surface area (Å²) in [6.45, 7) is 0.514. The van der Waals surface area contributed by atoms with Gasteiger partial charge in [-0.2, -0.15) is 0 Å². The minimum atomic E-state index is -1.51. The molecule has 0 bridgehead atoms. The molecule has 0 N–H and O–H groups in total. The molecule has 0 unspecified atom stereocenters. The Bertz CT molecular complexity index is 335. The minimum Gasteiger partial charge on any atom is -0.467 e. The van der Waals surface area contributed by atoms with E-state index in [1.54, 1.807) is 0 Å². The fourth-order valence-corrected chi connectivity index (χ4v) is 3.65. The van der Waals surface area contributed by atoms with Gasteiger partial charge in [-0.05, 0) is 12.8 Å². The molecule has 0 aromatic rings. The number of alkyl halides is 4. The van der Waals surface area contributed by atoms with Gasteiger partial charge in [-0.25, -0.2) is 4.79 Å². The first-order valence-corrected chi connectivity index (χ1v) is 7.40. The van der Waals surface area contributed by atoms with Gasteiger partial charge in [0.25, 0.3) is 0 Å². The zero-order chi connectivity index (χ0) is 13.9. The Morgan fingerprint density at radius 1 is 1.50 bits per heavy atom. The van der Waals surface area contributed by atoms with E-state index in [2.05, 4.69) is 20.7 Å². The van der Waals surface area contributed by atoms with Gasteiger partial charge in [0.2, 0.25) is 5.91 Å². The van der Waals surface area contributed by atoms with E-state index in [0.29, 0.717) is 13.0 Å². The van der Waals surface area contributed by atoms with Crippen molar-refractivity contribution in [1.82, 2.24) is 4.90 Å². The van der Waals surface area contributed by atoms with Gasteiger partial charge < -0.3 is 9.64 Å². The van der Waals surface area contributed by atoms with Crippen molar-refractivity contribution in [3.8, 4) is 0 Å². The Morgan fingerprint density at radius 3 is 2.61 bits per heavy atom. The number of amides is 1. The van der Waals surface area contributed by atoms with Crippen LogP contribution in [0.1, 0.15) is 19.3 Å². The summed E-state index contributed by atoms with van der Waals surface area (Å²) in [6.07, 6.45) is 1.41. The average molecular weight is 381 g/mol. The van der Waals surface area contributed by atoms with E-state index in [0.717, 1.165) is 6.42 Å². The molecule has 4 nitrogen and oxygen atoms in total. The SMILES string of the molecule is COC(=O)[C@@H]1CCCN1C(=O)[C@H](Br)CC(Cl)(Cl)Cl. The summed E-state index contributed by atoms with van der Waals surface area (Å²) >= 11 is 20.1. The third-order valence-electron chi connectivity index (χ3n) is 2.69. The van der Waals surface area contributed by atoms with Crippen LogP contribution in [-0.2, 0) is 14.3 Å². The van der Waals surface area contributed by atoms with E-state index >= 15 is 0 Å². The second-order valence-electron chi connectivity index (χ2n) is 4.00. The van der Waals surface area contributed by atoms with Crippen LogP contribution in [0.3, 0.4) is 0 Å². The number of hydrogen-bond acceptors (Lipinski definition) is 3. The Labute approximate surface area is 129 Å². The van der Waals surface area contributed by atoms with Crippen molar-refractivity contribution in [2.24, 2.45) is 0 Å². The van der Waals surface area contributed by atoms with Gasteiger partial charge in [0.05, 0.1) is 11.9 Å². The Balaban J connectivity index is 2.68. The van der Waals surface area contributed by atoms with Crippen molar-refractivity contribution < 1.29 is 14.3 Å². The lowest BCUT2D eigenvalue weighted by Gasteiger charge is -2.26. The van der Waals surface area contributed by atoms with E-state index in [-0.39, 0.29) is 12.3 Å². The first-order chi connectivity index (χ1) is 8.26. The van der Waals surface area contributed by atoms with E-state index < -0.39 is 20.6 Å². The summed E-state index contributed by atoms with van der Waals surface area (Å²) in [5.41, 5.74) is 0. The molecule has 0 aromatic heterocycles. The van der Waals surface area contributed by atoms with Crippen molar-refractivity contribution in [3.63, 3.8) is 0 Å². The maximum atomic E-state index is 12.1. The average Bonchev–Trinajstić information content (AvgIpc) is 2.73. The highest BCUT2D eigenvalue weighted by atomic mass is 79.9. The molecule has 2 atom stereocenters. The number of rotatable bonds is 3. The standard InChI is InChI=1S/C10H13BrCl3NO3/c1-18-9(17)7-3-2-4-15(7)8(16)6(11)5-10(12,13)14/h6-7H,2-5H2,1H3/t6-,7+/m1/s1. The predicted molar refractivity (Wildman–Crippen MR) is 74.4 cm³/mol. The maximum Gasteiger partial charge on any atom is 0.328 e. The second kappa shape index (κ2) is 6.64. The molecule has 1 amide bonds. The van der Waals surface area contributed by atoms with Crippen LogP contribution in [0.15, 0.2) is 0 Å². The Morgan fingerprint density at radius 2 is 2.11 bits per heavy atom. The third-order valence-corrected chi connectivity index (χ3v) is 3.87. The second-order valence-corrected chi connectivity index (χ2v) is 7.62. The molecule has 0 aliphatic carbocycles. The molecule has 8 heteroatoms. The van der Waals surface area contributed by atoms with Crippen LogP contribution < -0.4 is 0 Å². The van der Waals surface area contributed by atoms with E-state index in [4.69, 9.17) is 34.8 Å². The molecule has 1 saturated heterocycles. The Hall–Kier alpha value is 0.290. The van der Waals surface area contributed by atoms with Crippen molar-refractivity contribution in [2.75, 3.05) is 13.7 Å². The molecule has 0 spiro atoms. The van der Waals surface area contributed by atoms with E-state index in [1.807, 2.05) is 0 Å². The molecule has 18 heavy (non-hydrogen) atoms. The molecule has 1 fully saturated rings. The van der Waals surface area contributed by atoms with Crippen LogP contribution >= 0.6 is 50.7 Å². The van der Waals surface area contributed by atoms with Crippen LogP contribution in [0.4, 0.5) is 0 Å². The first kappa shape index (κ1) is 16.3. The van der Waals surface area contributed by atoms with Gasteiger partial charge >= 0.3 is 5.97 Å². The highest BCUT2D eigenvalue weighted by Crippen LogP contribution is 2.34. The smallest absolute Gasteiger partial charge is 0.328 e. The van der Waals surface area contributed by atoms with Crippen molar-refractivity contribution in [2.45, 2.75) is 33.9 Å². The fourth-order valence-electron chi connectivity index (χ4n) is 1.88. The molecule has 1 heterocycles.